The first-order valence-corrected chi connectivity index (χ1v) is 5.63. The second kappa shape index (κ2) is 3.23. The maximum Gasteiger partial charge on any atom is 0.230 e. The number of likely N-dealkylation sites (tertiary alicyclic amines) is 1. The van der Waals surface area contributed by atoms with Crippen LogP contribution < -0.4 is 5.32 Å². The van der Waals surface area contributed by atoms with Crippen LogP contribution >= 0.6 is 0 Å². The van der Waals surface area contributed by atoms with Crippen molar-refractivity contribution in [2.75, 3.05) is 13.1 Å². The third-order valence-electron chi connectivity index (χ3n) is 3.76. The molecule has 14 heavy (non-hydrogen) atoms. The van der Waals surface area contributed by atoms with Crippen LogP contribution in [0.15, 0.2) is 0 Å². The van der Waals surface area contributed by atoms with Gasteiger partial charge in [-0.3, -0.25) is 4.79 Å². The molecular weight excluding hydrogens is 176 g/mol. The first-order valence-electron chi connectivity index (χ1n) is 5.63. The quantitative estimate of drug-likeness (QED) is 0.678. The molecule has 0 radical (unpaired) electrons. The van der Waals surface area contributed by atoms with E-state index < -0.39 is 0 Å². The second-order valence-corrected chi connectivity index (χ2v) is 4.95. The minimum Gasteiger partial charge on any atom is -0.338 e. The molecule has 80 valence electrons. The maximum absolute atomic E-state index is 12.1. The summed E-state index contributed by atoms with van der Waals surface area (Å²) >= 11 is 0. The van der Waals surface area contributed by atoms with Gasteiger partial charge in [0.15, 0.2) is 0 Å². The summed E-state index contributed by atoms with van der Waals surface area (Å²) in [6.45, 7) is 8.13. The van der Waals surface area contributed by atoms with Crippen molar-refractivity contribution in [3.05, 3.63) is 0 Å². The molecule has 2 aliphatic rings. The number of piperidine rings is 1. The number of hydrogen-bond donors (Lipinski definition) is 1. The Bertz CT molecular complexity index is 250. The summed E-state index contributed by atoms with van der Waals surface area (Å²) in [4.78, 5) is 14.2. The molecule has 0 aromatic heterocycles. The zero-order valence-corrected chi connectivity index (χ0v) is 9.34. The van der Waals surface area contributed by atoms with Crippen LogP contribution in [0.2, 0.25) is 0 Å². The van der Waals surface area contributed by atoms with Gasteiger partial charge in [-0.25, -0.2) is 0 Å². The van der Waals surface area contributed by atoms with E-state index in [2.05, 4.69) is 31.0 Å². The smallest absolute Gasteiger partial charge is 0.230 e. The molecule has 0 aromatic rings. The van der Waals surface area contributed by atoms with Crippen LogP contribution in [0.3, 0.4) is 0 Å². The van der Waals surface area contributed by atoms with Crippen LogP contribution in [0.25, 0.3) is 0 Å². The fourth-order valence-corrected chi connectivity index (χ4v) is 2.98. The molecule has 0 aromatic carbocycles. The molecule has 2 unspecified atom stereocenters. The van der Waals surface area contributed by atoms with Gasteiger partial charge in [0.25, 0.3) is 0 Å². The molecule has 2 atom stereocenters. The Morgan fingerprint density at radius 3 is 2.93 bits per heavy atom. The Hall–Kier alpha value is -0.570. The molecule has 0 aliphatic carbocycles. The van der Waals surface area contributed by atoms with Crippen molar-refractivity contribution in [1.29, 1.82) is 0 Å². The zero-order chi connectivity index (χ0) is 10.3. The van der Waals surface area contributed by atoms with E-state index in [1.807, 2.05) is 0 Å². The number of hydrogen-bond acceptors (Lipinski definition) is 2. The highest BCUT2D eigenvalue weighted by Gasteiger charge is 2.53. The van der Waals surface area contributed by atoms with Crippen molar-refractivity contribution in [2.45, 2.75) is 45.7 Å². The van der Waals surface area contributed by atoms with Crippen LogP contribution in [-0.4, -0.2) is 36.0 Å². The Morgan fingerprint density at radius 1 is 1.57 bits per heavy atom. The van der Waals surface area contributed by atoms with Crippen molar-refractivity contribution >= 4 is 5.91 Å². The lowest BCUT2D eigenvalue weighted by molar-refractivity contribution is -0.135. The van der Waals surface area contributed by atoms with Crippen molar-refractivity contribution in [2.24, 2.45) is 5.41 Å². The van der Waals surface area contributed by atoms with Crippen LogP contribution in [0, 0.1) is 5.41 Å². The average Bonchev–Trinajstić information content (AvgIpc) is 2.37. The van der Waals surface area contributed by atoms with E-state index >= 15 is 0 Å². The van der Waals surface area contributed by atoms with Crippen LogP contribution in [-0.2, 0) is 4.79 Å². The maximum atomic E-state index is 12.1. The number of amides is 1. The fraction of sp³-hybridized carbons (Fsp3) is 0.909. The third kappa shape index (κ3) is 1.18. The van der Waals surface area contributed by atoms with Crippen LogP contribution in [0.4, 0.5) is 0 Å². The minimum atomic E-state index is -0.207. The monoisotopic (exact) mass is 196 g/mol. The van der Waals surface area contributed by atoms with Gasteiger partial charge in [0.2, 0.25) is 5.91 Å². The molecule has 0 saturated carbocycles. The van der Waals surface area contributed by atoms with Gasteiger partial charge >= 0.3 is 0 Å². The van der Waals surface area contributed by atoms with E-state index in [4.69, 9.17) is 0 Å². The number of rotatable bonds is 1. The molecule has 0 spiro atoms. The standard InChI is InChI=1S/C11H20N2O/c1-4-13-8-6-5-7-12-9(8)11(2,3)10(13)14/h8-9,12H,4-7H2,1-3H3. The predicted octanol–water partition coefficient (Wildman–Crippen LogP) is 0.995. The number of nitrogens with zero attached hydrogens (tertiary/aromatic N) is 1. The summed E-state index contributed by atoms with van der Waals surface area (Å²) in [7, 11) is 0. The highest BCUT2D eigenvalue weighted by molar-refractivity contribution is 5.86. The number of carbonyl (C=O) groups is 1. The number of fused-ring (bicyclic) bond motifs is 1. The summed E-state index contributed by atoms with van der Waals surface area (Å²) in [5.74, 6) is 0.324. The van der Waals surface area contributed by atoms with Gasteiger partial charge in [-0.05, 0) is 40.2 Å². The summed E-state index contributed by atoms with van der Waals surface area (Å²) < 4.78 is 0. The first kappa shape index (κ1) is 9.97. The van der Waals surface area contributed by atoms with Crippen LogP contribution in [0.1, 0.15) is 33.6 Å². The van der Waals surface area contributed by atoms with Crippen molar-refractivity contribution in [3.8, 4) is 0 Å². The molecule has 3 heteroatoms. The summed E-state index contributed by atoms with van der Waals surface area (Å²) in [6, 6.07) is 0.806. The largest absolute Gasteiger partial charge is 0.338 e. The minimum absolute atomic E-state index is 0.207. The van der Waals surface area contributed by atoms with Crippen LogP contribution in [0.5, 0.6) is 0 Å². The van der Waals surface area contributed by atoms with E-state index in [0.29, 0.717) is 18.0 Å². The third-order valence-corrected chi connectivity index (χ3v) is 3.76. The molecule has 2 fully saturated rings. The van der Waals surface area contributed by atoms with Gasteiger partial charge in [0.05, 0.1) is 5.41 Å². The lowest BCUT2D eigenvalue weighted by Crippen LogP contribution is -2.50. The summed E-state index contributed by atoms with van der Waals surface area (Å²) in [5, 5.41) is 3.50. The second-order valence-electron chi connectivity index (χ2n) is 4.95. The average molecular weight is 196 g/mol. The highest BCUT2D eigenvalue weighted by atomic mass is 16.2. The van der Waals surface area contributed by atoms with E-state index in [9.17, 15) is 4.79 Å². The summed E-state index contributed by atoms with van der Waals surface area (Å²) in [5.41, 5.74) is -0.207. The van der Waals surface area contributed by atoms with E-state index in [1.54, 1.807) is 0 Å². The molecule has 3 nitrogen and oxygen atoms in total. The molecule has 1 N–H and O–H groups in total. The van der Waals surface area contributed by atoms with Crippen molar-refractivity contribution in [1.82, 2.24) is 10.2 Å². The number of carbonyl (C=O) groups excluding carboxylic acids is 1. The molecule has 2 heterocycles. The lowest BCUT2D eigenvalue weighted by atomic mass is 9.81. The zero-order valence-electron chi connectivity index (χ0n) is 9.34. The van der Waals surface area contributed by atoms with E-state index in [-0.39, 0.29) is 5.41 Å². The SMILES string of the molecule is CCN1C(=O)C(C)(C)C2NCCCC21. The Labute approximate surface area is 85.8 Å². The van der Waals surface area contributed by atoms with Gasteiger partial charge < -0.3 is 10.2 Å². The molecule has 2 aliphatic heterocycles. The highest BCUT2D eigenvalue weighted by Crippen LogP contribution is 2.38. The van der Waals surface area contributed by atoms with E-state index in [0.717, 1.165) is 13.1 Å². The Kier molecular flexibility index (Phi) is 2.30. The van der Waals surface area contributed by atoms with E-state index in [1.165, 1.54) is 12.8 Å². The molecule has 0 bridgehead atoms. The van der Waals surface area contributed by atoms with Gasteiger partial charge in [-0.1, -0.05) is 0 Å². The van der Waals surface area contributed by atoms with Gasteiger partial charge in [-0.15, -0.1) is 0 Å². The normalized spacial score (nSPS) is 35.9. The molecule has 2 saturated heterocycles. The number of likely N-dealkylation sites (N-methyl/N-ethyl adjacent to an activating group) is 1. The van der Waals surface area contributed by atoms with Gasteiger partial charge in [0.1, 0.15) is 0 Å². The summed E-state index contributed by atoms with van der Waals surface area (Å²) in [6.07, 6.45) is 2.36. The molecular formula is C11H20N2O. The Balaban J connectivity index is 2.29. The molecule has 2 rings (SSSR count). The Morgan fingerprint density at radius 2 is 2.29 bits per heavy atom. The topological polar surface area (TPSA) is 32.3 Å². The van der Waals surface area contributed by atoms with Gasteiger partial charge in [-0.2, -0.15) is 0 Å². The predicted molar refractivity (Wildman–Crippen MR) is 56.0 cm³/mol. The molecule has 1 amide bonds. The fourth-order valence-electron chi connectivity index (χ4n) is 2.98. The first-order chi connectivity index (χ1) is 6.59. The number of nitrogens with one attached hydrogen (secondary N) is 1. The lowest BCUT2D eigenvalue weighted by Gasteiger charge is -2.34. The van der Waals surface area contributed by atoms with Gasteiger partial charge in [0, 0.05) is 18.6 Å². The van der Waals surface area contributed by atoms with Crippen molar-refractivity contribution < 1.29 is 4.79 Å². The van der Waals surface area contributed by atoms with Crippen molar-refractivity contribution in [3.63, 3.8) is 0 Å².